The molecule has 18 heavy (non-hydrogen) atoms. The third-order valence-corrected chi connectivity index (χ3v) is 3.25. The van der Waals surface area contributed by atoms with E-state index in [4.69, 9.17) is 4.74 Å². The van der Waals surface area contributed by atoms with E-state index >= 15 is 0 Å². The summed E-state index contributed by atoms with van der Waals surface area (Å²) in [6.07, 6.45) is 0. The van der Waals surface area contributed by atoms with Gasteiger partial charge in [0.15, 0.2) is 0 Å². The molecule has 4 nitrogen and oxygen atoms in total. The van der Waals surface area contributed by atoms with Gasteiger partial charge in [0.1, 0.15) is 0 Å². The van der Waals surface area contributed by atoms with Gasteiger partial charge in [-0.2, -0.15) is 0 Å². The molecule has 0 aliphatic carbocycles. The van der Waals surface area contributed by atoms with Crippen LogP contribution in [0.3, 0.4) is 0 Å². The summed E-state index contributed by atoms with van der Waals surface area (Å²) in [5.74, 6) is -0.340. The topological polar surface area (TPSA) is 51.5 Å². The van der Waals surface area contributed by atoms with Gasteiger partial charge in [-0.3, -0.25) is 0 Å². The summed E-state index contributed by atoms with van der Waals surface area (Å²) < 4.78 is 6.81. The molecule has 0 bridgehead atoms. The highest BCUT2D eigenvalue weighted by molar-refractivity contribution is 6.05. The van der Waals surface area contributed by atoms with E-state index < -0.39 is 0 Å². The number of hydrogen-bond acceptors (Lipinski definition) is 3. The van der Waals surface area contributed by atoms with E-state index in [1.165, 1.54) is 7.11 Å². The molecule has 1 N–H and O–H groups in total. The number of aliphatic hydroxyl groups excluding tert-OH is 1. The summed E-state index contributed by atoms with van der Waals surface area (Å²) in [6.45, 7) is 3.82. The van der Waals surface area contributed by atoms with E-state index in [1.807, 2.05) is 42.7 Å². The molecular weight excluding hydrogens is 230 g/mol. The van der Waals surface area contributed by atoms with Crippen LogP contribution in [0.5, 0.6) is 0 Å². The van der Waals surface area contributed by atoms with Gasteiger partial charge < -0.3 is 14.4 Å². The molecular formula is C14H17NO3. The maximum absolute atomic E-state index is 11.9. The molecule has 0 spiro atoms. The van der Waals surface area contributed by atoms with Crippen LogP contribution in [0.2, 0.25) is 0 Å². The van der Waals surface area contributed by atoms with Gasteiger partial charge in [-0.15, -0.1) is 0 Å². The number of aliphatic hydroxyl groups is 1. The van der Waals surface area contributed by atoms with Crippen molar-refractivity contribution in [3.05, 3.63) is 35.5 Å². The Hall–Kier alpha value is -1.81. The Balaban J connectivity index is 2.79. The van der Waals surface area contributed by atoms with Gasteiger partial charge in [-0.1, -0.05) is 18.2 Å². The largest absolute Gasteiger partial charge is 0.465 e. The van der Waals surface area contributed by atoms with Crippen LogP contribution in [-0.4, -0.2) is 29.4 Å². The molecule has 1 heterocycles. The van der Waals surface area contributed by atoms with Gasteiger partial charge in [0.05, 0.1) is 25.3 Å². The van der Waals surface area contributed by atoms with Crippen LogP contribution in [0, 0.1) is 6.92 Å². The number of benzene rings is 1. The van der Waals surface area contributed by atoms with Crippen molar-refractivity contribution in [1.82, 2.24) is 4.57 Å². The second-order valence-electron chi connectivity index (χ2n) is 4.37. The third kappa shape index (κ3) is 1.78. The van der Waals surface area contributed by atoms with Crippen molar-refractivity contribution in [3.8, 4) is 0 Å². The first kappa shape index (κ1) is 12.6. The van der Waals surface area contributed by atoms with E-state index in [1.54, 1.807) is 0 Å². The Labute approximate surface area is 106 Å². The second kappa shape index (κ2) is 4.82. The number of methoxy groups -OCH3 is 1. The van der Waals surface area contributed by atoms with Crippen LogP contribution in [0.25, 0.3) is 10.9 Å². The number of para-hydroxylation sites is 1. The van der Waals surface area contributed by atoms with E-state index in [-0.39, 0.29) is 18.6 Å². The summed E-state index contributed by atoms with van der Waals surface area (Å²) in [4.78, 5) is 11.9. The van der Waals surface area contributed by atoms with Crippen molar-refractivity contribution in [1.29, 1.82) is 0 Å². The number of carbonyl (C=O) groups is 1. The summed E-state index contributed by atoms with van der Waals surface area (Å²) >= 11 is 0. The van der Waals surface area contributed by atoms with Crippen molar-refractivity contribution >= 4 is 16.9 Å². The molecule has 2 rings (SSSR count). The molecule has 1 aromatic heterocycles. The molecule has 0 radical (unpaired) electrons. The number of nitrogens with zero attached hydrogens (tertiary/aromatic N) is 1. The van der Waals surface area contributed by atoms with E-state index in [0.29, 0.717) is 5.56 Å². The van der Waals surface area contributed by atoms with Crippen LogP contribution in [0.1, 0.15) is 29.0 Å². The number of aromatic nitrogens is 1. The van der Waals surface area contributed by atoms with Crippen molar-refractivity contribution in [2.75, 3.05) is 13.7 Å². The zero-order valence-electron chi connectivity index (χ0n) is 10.8. The van der Waals surface area contributed by atoms with E-state index in [0.717, 1.165) is 16.6 Å². The molecule has 2 aromatic rings. The zero-order valence-corrected chi connectivity index (χ0v) is 10.8. The maximum Gasteiger partial charge on any atom is 0.340 e. The summed E-state index contributed by atoms with van der Waals surface area (Å²) in [7, 11) is 1.38. The highest BCUT2D eigenvalue weighted by atomic mass is 16.5. The van der Waals surface area contributed by atoms with Gasteiger partial charge in [-0.25, -0.2) is 4.79 Å². The van der Waals surface area contributed by atoms with Crippen LogP contribution >= 0.6 is 0 Å². The quantitative estimate of drug-likeness (QED) is 0.847. The lowest BCUT2D eigenvalue weighted by molar-refractivity contribution is 0.0601. The van der Waals surface area contributed by atoms with Crippen molar-refractivity contribution in [2.45, 2.75) is 19.9 Å². The summed E-state index contributed by atoms with van der Waals surface area (Å²) in [5, 5.41) is 10.2. The first-order valence-corrected chi connectivity index (χ1v) is 5.90. The van der Waals surface area contributed by atoms with Crippen LogP contribution in [0.15, 0.2) is 24.3 Å². The number of hydrogen-bond donors (Lipinski definition) is 1. The molecule has 4 heteroatoms. The minimum Gasteiger partial charge on any atom is -0.465 e. The Morgan fingerprint density at radius 3 is 2.72 bits per heavy atom. The molecule has 0 aliphatic heterocycles. The normalized spacial score (nSPS) is 12.7. The van der Waals surface area contributed by atoms with Crippen molar-refractivity contribution in [3.63, 3.8) is 0 Å². The number of fused-ring (bicyclic) bond motifs is 1. The highest BCUT2D eigenvalue weighted by Gasteiger charge is 2.22. The molecule has 1 aromatic carbocycles. The standard InChI is InChI=1S/C14H17NO3/c1-9(8-16)15-10(2)13(14(17)18-3)11-6-4-5-7-12(11)15/h4-7,9,16H,8H2,1-3H3/t9-/m1/s1. The van der Waals surface area contributed by atoms with Gasteiger partial charge in [0.2, 0.25) is 0 Å². The first-order chi connectivity index (χ1) is 8.61. The van der Waals surface area contributed by atoms with E-state index in [2.05, 4.69) is 0 Å². The molecule has 1 atom stereocenters. The fourth-order valence-electron chi connectivity index (χ4n) is 2.40. The van der Waals surface area contributed by atoms with Gasteiger partial charge in [-0.05, 0) is 19.9 Å². The minimum absolute atomic E-state index is 0.0279. The number of ether oxygens (including phenoxy) is 1. The second-order valence-corrected chi connectivity index (χ2v) is 4.37. The van der Waals surface area contributed by atoms with Crippen molar-refractivity contribution < 1.29 is 14.6 Å². The lowest BCUT2D eigenvalue weighted by atomic mass is 10.1. The predicted molar refractivity (Wildman–Crippen MR) is 69.8 cm³/mol. The monoisotopic (exact) mass is 247 g/mol. The molecule has 0 fully saturated rings. The third-order valence-electron chi connectivity index (χ3n) is 3.25. The number of carbonyl (C=O) groups excluding carboxylic acids is 1. The molecule has 0 saturated carbocycles. The number of esters is 1. The Morgan fingerprint density at radius 2 is 2.11 bits per heavy atom. The average molecular weight is 247 g/mol. The highest BCUT2D eigenvalue weighted by Crippen LogP contribution is 2.29. The first-order valence-electron chi connectivity index (χ1n) is 5.90. The molecule has 96 valence electrons. The Kier molecular flexibility index (Phi) is 3.39. The SMILES string of the molecule is COC(=O)c1c(C)n([C@H](C)CO)c2ccccc12. The van der Waals surface area contributed by atoms with Crippen LogP contribution in [0.4, 0.5) is 0 Å². The minimum atomic E-state index is -0.340. The fourth-order valence-corrected chi connectivity index (χ4v) is 2.40. The van der Waals surface area contributed by atoms with E-state index in [9.17, 15) is 9.90 Å². The van der Waals surface area contributed by atoms with Crippen LogP contribution in [-0.2, 0) is 4.74 Å². The maximum atomic E-state index is 11.9. The van der Waals surface area contributed by atoms with Crippen LogP contribution < -0.4 is 0 Å². The van der Waals surface area contributed by atoms with Gasteiger partial charge in [0.25, 0.3) is 0 Å². The predicted octanol–water partition coefficient (Wildman–Crippen LogP) is 2.29. The Morgan fingerprint density at radius 1 is 1.44 bits per heavy atom. The molecule has 0 saturated heterocycles. The zero-order chi connectivity index (χ0) is 13.3. The summed E-state index contributed by atoms with van der Waals surface area (Å²) in [6, 6.07) is 7.58. The van der Waals surface area contributed by atoms with Gasteiger partial charge >= 0.3 is 5.97 Å². The fraction of sp³-hybridized carbons (Fsp3) is 0.357. The summed E-state index contributed by atoms with van der Waals surface area (Å²) in [5.41, 5.74) is 2.34. The smallest absolute Gasteiger partial charge is 0.340 e. The Bertz CT molecular complexity index is 586. The van der Waals surface area contributed by atoms with Gasteiger partial charge in [0, 0.05) is 16.6 Å². The lowest BCUT2D eigenvalue weighted by Crippen LogP contribution is -2.12. The van der Waals surface area contributed by atoms with Crippen molar-refractivity contribution in [2.24, 2.45) is 0 Å². The lowest BCUT2D eigenvalue weighted by Gasteiger charge is -2.14. The average Bonchev–Trinajstić information content (AvgIpc) is 2.69. The molecule has 0 unspecified atom stereocenters. The molecule has 0 aliphatic rings. The number of rotatable bonds is 3. The molecule has 0 amide bonds.